The van der Waals surface area contributed by atoms with Crippen molar-refractivity contribution in [2.45, 2.75) is 56.5 Å². The Bertz CT molecular complexity index is 1350. The van der Waals surface area contributed by atoms with Gasteiger partial charge in [0.1, 0.15) is 5.82 Å². The summed E-state index contributed by atoms with van der Waals surface area (Å²) >= 11 is 0. The second-order valence-corrected chi connectivity index (χ2v) is 9.84. The van der Waals surface area contributed by atoms with Gasteiger partial charge in [0, 0.05) is 60.3 Å². The van der Waals surface area contributed by atoms with Crippen LogP contribution in [0.1, 0.15) is 76.5 Å². The molecule has 6 nitrogen and oxygen atoms in total. The molecule has 3 aliphatic rings. The third kappa shape index (κ3) is 4.07. The molecule has 3 aromatic rings. The van der Waals surface area contributed by atoms with Crippen molar-refractivity contribution in [3.05, 3.63) is 70.4 Å². The minimum atomic E-state index is -4.66. The molecular weight excluding hydrogens is 476 g/mol. The lowest BCUT2D eigenvalue weighted by Crippen LogP contribution is -2.20. The topological polar surface area (TPSA) is 60.2 Å². The van der Waals surface area contributed by atoms with Crippen LogP contribution in [0.2, 0.25) is 0 Å². The third-order valence-corrected chi connectivity index (χ3v) is 7.28. The summed E-state index contributed by atoms with van der Waals surface area (Å²) in [6.45, 7) is 0.703. The van der Waals surface area contributed by atoms with Gasteiger partial charge in [0.2, 0.25) is 0 Å². The fourth-order valence-corrected chi connectivity index (χ4v) is 5.13. The third-order valence-electron chi connectivity index (χ3n) is 7.28. The van der Waals surface area contributed by atoms with Crippen molar-refractivity contribution >= 4 is 5.91 Å². The number of amides is 1. The molecule has 1 aliphatic carbocycles. The number of halogens is 4. The van der Waals surface area contributed by atoms with E-state index in [-0.39, 0.29) is 35.7 Å². The van der Waals surface area contributed by atoms with Gasteiger partial charge in [-0.25, -0.2) is 4.39 Å². The molecule has 36 heavy (non-hydrogen) atoms. The summed E-state index contributed by atoms with van der Waals surface area (Å²) in [6, 6.07) is 4.65. The van der Waals surface area contributed by atoms with Gasteiger partial charge in [-0.1, -0.05) is 0 Å². The summed E-state index contributed by atoms with van der Waals surface area (Å²) in [6.07, 6.45) is 2.53. The number of alkyl halides is 3. The first kappa shape index (κ1) is 23.1. The number of nitrogens with zero attached hydrogens (tertiary/aromatic N) is 4. The van der Waals surface area contributed by atoms with Crippen LogP contribution in [0, 0.1) is 5.82 Å². The van der Waals surface area contributed by atoms with Gasteiger partial charge < -0.3 is 9.64 Å². The Morgan fingerprint density at radius 2 is 1.92 bits per heavy atom. The van der Waals surface area contributed by atoms with E-state index in [1.54, 1.807) is 13.1 Å². The summed E-state index contributed by atoms with van der Waals surface area (Å²) in [5.74, 6) is -1.29. The lowest BCUT2D eigenvalue weighted by Gasteiger charge is -2.29. The zero-order valence-electron chi connectivity index (χ0n) is 19.6. The van der Waals surface area contributed by atoms with Crippen LogP contribution in [-0.2, 0) is 17.5 Å². The van der Waals surface area contributed by atoms with Gasteiger partial charge in [-0.3, -0.25) is 14.5 Å². The Hall–Kier alpha value is -3.27. The smallest absolute Gasteiger partial charge is 0.373 e. The van der Waals surface area contributed by atoms with Crippen LogP contribution in [0.5, 0.6) is 0 Å². The van der Waals surface area contributed by atoms with Gasteiger partial charge in [0.15, 0.2) is 0 Å². The molecule has 0 bridgehead atoms. The van der Waals surface area contributed by atoms with E-state index in [4.69, 9.17) is 9.72 Å². The number of carbonyl (C=O) groups excluding carboxylic acids is 1. The first-order valence-electron chi connectivity index (χ1n) is 12.0. The highest BCUT2D eigenvalue weighted by Gasteiger charge is 2.35. The first-order chi connectivity index (χ1) is 17.2. The maximum Gasteiger partial charge on any atom is 0.416 e. The van der Waals surface area contributed by atoms with E-state index in [1.165, 1.54) is 4.90 Å². The van der Waals surface area contributed by atoms with E-state index < -0.39 is 17.6 Å². The molecule has 1 saturated heterocycles. The van der Waals surface area contributed by atoms with Crippen LogP contribution in [0.4, 0.5) is 17.6 Å². The standard InChI is InChI=1S/C26H24F4N4O2/c1-33-13-20-19(25(33)35)10-22(32-24(20)18-5-2-16(9-21(18)27)26(28,29)30)14-6-7-36-23(8-14)15-11-31-34(12-15)17-3-4-17/h2,5,9-12,14,17,23H,3-4,6-8,13H2,1H3. The molecule has 6 rings (SSSR count). The lowest BCUT2D eigenvalue weighted by molar-refractivity contribution is -0.137. The van der Waals surface area contributed by atoms with E-state index in [0.29, 0.717) is 48.4 Å². The minimum Gasteiger partial charge on any atom is -0.373 e. The Morgan fingerprint density at radius 3 is 2.64 bits per heavy atom. The highest BCUT2D eigenvalue weighted by Crippen LogP contribution is 2.42. The van der Waals surface area contributed by atoms with Crippen LogP contribution < -0.4 is 0 Å². The zero-order valence-corrected chi connectivity index (χ0v) is 19.6. The van der Waals surface area contributed by atoms with Gasteiger partial charge in [-0.15, -0.1) is 0 Å². The highest BCUT2D eigenvalue weighted by atomic mass is 19.4. The molecule has 2 fully saturated rings. The molecule has 2 aromatic heterocycles. The van der Waals surface area contributed by atoms with E-state index >= 15 is 0 Å². The molecule has 188 valence electrons. The van der Waals surface area contributed by atoms with Gasteiger partial charge >= 0.3 is 6.18 Å². The fraction of sp³-hybridized carbons (Fsp3) is 0.423. The second kappa shape index (κ2) is 8.40. The summed E-state index contributed by atoms with van der Waals surface area (Å²) in [5.41, 5.74) is 1.66. The van der Waals surface area contributed by atoms with Gasteiger partial charge in [0.25, 0.3) is 5.91 Å². The number of benzene rings is 1. The molecular formula is C26H24F4N4O2. The number of hydrogen-bond donors (Lipinski definition) is 0. The van der Waals surface area contributed by atoms with Crippen molar-refractivity contribution in [2.75, 3.05) is 13.7 Å². The number of fused-ring (bicyclic) bond motifs is 1. The molecule has 2 unspecified atom stereocenters. The molecule has 10 heteroatoms. The molecule has 2 atom stereocenters. The Morgan fingerprint density at radius 1 is 1.11 bits per heavy atom. The van der Waals surface area contributed by atoms with Crippen molar-refractivity contribution in [3.63, 3.8) is 0 Å². The van der Waals surface area contributed by atoms with E-state index in [2.05, 4.69) is 5.10 Å². The maximum atomic E-state index is 15.0. The predicted molar refractivity (Wildman–Crippen MR) is 122 cm³/mol. The van der Waals surface area contributed by atoms with Gasteiger partial charge in [-0.05, 0) is 49.9 Å². The average molecular weight is 500 g/mol. The maximum absolute atomic E-state index is 15.0. The quantitative estimate of drug-likeness (QED) is 0.434. The van der Waals surface area contributed by atoms with Gasteiger partial charge in [0.05, 0.1) is 29.6 Å². The van der Waals surface area contributed by atoms with Crippen molar-refractivity contribution in [2.24, 2.45) is 0 Å². The van der Waals surface area contributed by atoms with Crippen LogP contribution in [0.25, 0.3) is 11.3 Å². The van der Waals surface area contributed by atoms with Crippen LogP contribution in [0.15, 0.2) is 36.7 Å². The molecule has 0 N–H and O–H groups in total. The summed E-state index contributed by atoms with van der Waals surface area (Å²) < 4.78 is 62.3. The van der Waals surface area contributed by atoms with E-state index in [0.717, 1.165) is 30.5 Å². The molecule has 1 saturated carbocycles. The second-order valence-electron chi connectivity index (χ2n) is 9.84. The van der Waals surface area contributed by atoms with Crippen molar-refractivity contribution in [1.82, 2.24) is 19.7 Å². The summed E-state index contributed by atoms with van der Waals surface area (Å²) in [5, 5.41) is 4.45. The number of aromatic nitrogens is 3. The normalized spacial score (nSPS) is 22.2. The Balaban J connectivity index is 1.37. The molecule has 1 amide bonds. The number of rotatable bonds is 4. The molecule has 0 radical (unpaired) electrons. The molecule has 2 aliphatic heterocycles. The van der Waals surface area contributed by atoms with E-state index in [9.17, 15) is 22.4 Å². The first-order valence-corrected chi connectivity index (χ1v) is 12.0. The van der Waals surface area contributed by atoms with Crippen molar-refractivity contribution in [3.8, 4) is 11.3 Å². The predicted octanol–water partition coefficient (Wildman–Crippen LogP) is 5.66. The zero-order chi connectivity index (χ0) is 25.2. The largest absolute Gasteiger partial charge is 0.416 e. The van der Waals surface area contributed by atoms with Crippen molar-refractivity contribution in [1.29, 1.82) is 0 Å². The van der Waals surface area contributed by atoms with Gasteiger partial charge in [-0.2, -0.15) is 18.3 Å². The van der Waals surface area contributed by atoms with Crippen LogP contribution in [0.3, 0.4) is 0 Å². The lowest BCUT2D eigenvalue weighted by atomic mass is 9.88. The van der Waals surface area contributed by atoms with Crippen molar-refractivity contribution < 1.29 is 27.1 Å². The number of hydrogen-bond acceptors (Lipinski definition) is 4. The van der Waals surface area contributed by atoms with Crippen LogP contribution >= 0.6 is 0 Å². The fourth-order valence-electron chi connectivity index (χ4n) is 5.13. The van der Waals surface area contributed by atoms with Crippen LogP contribution in [-0.4, -0.2) is 39.2 Å². The number of ether oxygens (including phenoxy) is 1. The average Bonchev–Trinajstić information content (AvgIpc) is 3.51. The molecule has 4 heterocycles. The SMILES string of the molecule is CN1Cc2c(cc(C3CCOC(c4cnn(C5CC5)c4)C3)nc2-c2ccc(C(F)(F)F)cc2F)C1=O. The minimum absolute atomic E-state index is 0.0430. The molecule has 0 spiro atoms. The molecule has 1 aromatic carbocycles. The Labute approximate surface area is 204 Å². The number of carbonyl (C=O) groups is 1. The summed E-state index contributed by atoms with van der Waals surface area (Å²) in [4.78, 5) is 19.1. The highest BCUT2D eigenvalue weighted by molar-refractivity contribution is 6.00. The number of pyridine rings is 1. The monoisotopic (exact) mass is 500 g/mol. The van der Waals surface area contributed by atoms with E-state index in [1.807, 2.05) is 17.1 Å². The summed E-state index contributed by atoms with van der Waals surface area (Å²) in [7, 11) is 1.64. The Kier molecular flexibility index (Phi) is 5.40.